The predicted octanol–water partition coefficient (Wildman–Crippen LogP) is 0.230. The number of hydrazine groups is 2. The van der Waals surface area contributed by atoms with Crippen LogP contribution in [0.4, 0.5) is 0 Å². The quantitative estimate of drug-likeness (QED) is 0.431. The first-order valence-electron chi connectivity index (χ1n) is 6.52. The molecule has 2 aliphatic heterocycles. The van der Waals surface area contributed by atoms with E-state index in [-0.39, 0.29) is 18.2 Å². The molecule has 11 heteroatoms. The van der Waals surface area contributed by atoms with Crippen LogP contribution in [0.3, 0.4) is 0 Å². The molecule has 2 rings (SSSR count). The molecular weight excluding hydrogens is 464 g/mol. The molecule has 0 radical (unpaired) electrons. The summed E-state index contributed by atoms with van der Waals surface area (Å²) in [6, 6.07) is 0. The molecule has 120 valence electrons. The molecule has 0 aliphatic carbocycles. The number of nitrogens with one attached hydrogen (secondary N) is 2. The van der Waals surface area contributed by atoms with Gasteiger partial charge in [-0.1, -0.05) is 0 Å². The van der Waals surface area contributed by atoms with Crippen molar-refractivity contribution in [1.29, 1.82) is 0 Å². The van der Waals surface area contributed by atoms with Gasteiger partial charge in [0.25, 0.3) is 0 Å². The Balaban J connectivity index is 1.53. The van der Waals surface area contributed by atoms with E-state index in [1.54, 1.807) is 18.0 Å². The van der Waals surface area contributed by atoms with Crippen molar-refractivity contribution in [3.8, 4) is 0 Å². The van der Waals surface area contributed by atoms with Crippen molar-refractivity contribution in [2.45, 2.75) is 0 Å². The Morgan fingerprint density at radius 2 is 1.19 bits per heavy atom. The van der Waals surface area contributed by atoms with Gasteiger partial charge in [-0.05, 0) is 0 Å². The van der Waals surface area contributed by atoms with E-state index in [0.29, 0.717) is 0 Å². The van der Waals surface area contributed by atoms with Crippen molar-refractivity contribution in [3.63, 3.8) is 0 Å². The van der Waals surface area contributed by atoms with Crippen LogP contribution in [-0.2, 0) is 9.47 Å². The topological polar surface area (TPSA) is 49.0 Å². The van der Waals surface area contributed by atoms with E-state index in [9.17, 15) is 0 Å². The maximum atomic E-state index is 5.35. The summed E-state index contributed by atoms with van der Waals surface area (Å²) in [6.07, 6.45) is 0. The molecule has 2 N–H and O–H groups in total. The fourth-order valence-corrected chi connectivity index (χ4v) is 11.0. The third-order valence-electron chi connectivity index (χ3n) is 2.74. The van der Waals surface area contributed by atoms with E-state index >= 15 is 0 Å². The SMILES string of the molecule is S=C(NN1CCOCC1)S[Te]SC(=S)NN1CCOCC1. The van der Waals surface area contributed by atoms with E-state index in [4.69, 9.17) is 33.9 Å². The second-order valence-electron chi connectivity index (χ2n) is 4.23. The van der Waals surface area contributed by atoms with Gasteiger partial charge in [-0.25, -0.2) is 0 Å². The minimum atomic E-state index is -0.386. The van der Waals surface area contributed by atoms with Gasteiger partial charge in [-0.2, -0.15) is 0 Å². The molecule has 21 heavy (non-hydrogen) atoms. The number of hydrogen-bond acceptors (Lipinski definition) is 8. The fourth-order valence-electron chi connectivity index (χ4n) is 1.72. The Labute approximate surface area is 151 Å². The first-order valence-corrected chi connectivity index (χ1v) is 14.5. The van der Waals surface area contributed by atoms with Crippen molar-refractivity contribution >= 4 is 69.2 Å². The first-order chi connectivity index (χ1) is 10.2. The van der Waals surface area contributed by atoms with Crippen LogP contribution in [0.2, 0.25) is 0 Å². The first kappa shape index (κ1) is 18.4. The van der Waals surface area contributed by atoms with Crippen LogP contribution in [0.1, 0.15) is 0 Å². The molecule has 2 fully saturated rings. The van der Waals surface area contributed by atoms with Crippen molar-refractivity contribution in [3.05, 3.63) is 0 Å². The van der Waals surface area contributed by atoms with Gasteiger partial charge in [-0.3, -0.25) is 0 Å². The average Bonchev–Trinajstić information content (AvgIpc) is 2.49. The molecule has 0 aromatic carbocycles. The molecule has 0 spiro atoms. The third-order valence-corrected chi connectivity index (χ3v) is 12.8. The zero-order valence-corrected chi connectivity index (χ0v) is 17.0. The molecule has 0 aromatic heterocycles. The monoisotopic (exact) mass is 484 g/mol. The van der Waals surface area contributed by atoms with Crippen molar-refractivity contribution in [2.24, 2.45) is 0 Å². The third kappa shape index (κ3) is 7.97. The number of nitrogens with zero attached hydrogens (tertiary/aromatic N) is 2. The van der Waals surface area contributed by atoms with Crippen LogP contribution < -0.4 is 10.9 Å². The molecule has 0 amide bonds. The summed E-state index contributed by atoms with van der Waals surface area (Å²) in [4.78, 5) is 0. The molecule has 2 heterocycles. The van der Waals surface area contributed by atoms with Crippen LogP contribution in [0, 0.1) is 0 Å². The Kier molecular flexibility index (Phi) is 9.49. The summed E-state index contributed by atoms with van der Waals surface area (Å²) >= 11 is 10.3. The number of rotatable bonds is 4. The average molecular weight is 482 g/mol. The summed E-state index contributed by atoms with van der Waals surface area (Å²) < 4.78 is 12.3. The van der Waals surface area contributed by atoms with Gasteiger partial charge in [0.2, 0.25) is 0 Å². The minimum absolute atomic E-state index is 0.386. The Morgan fingerprint density at radius 1 is 0.810 bits per heavy atom. The van der Waals surface area contributed by atoms with Crippen LogP contribution in [0.5, 0.6) is 0 Å². The van der Waals surface area contributed by atoms with Crippen LogP contribution in [0.15, 0.2) is 0 Å². The number of morpholine rings is 2. The zero-order chi connectivity index (χ0) is 14.9. The summed E-state index contributed by atoms with van der Waals surface area (Å²) in [5.41, 5.74) is 6.50. The molecule has 2 aliphatic rings. The van der Waals surface area contributed by atoms with Crippen LogP contribution in [0.25, 0.3) is 0 Å². The molecule has 0 unspecified atom stereocenters. The van der Waals surface area contributed by atoms with E-state index in [0.717, 1.165) is 61.2 Å². The van der Waals surface area contributed by atoms with Crippen molar-refractivity contribution in [1.82, 2.24) is 20.9 Å². The fraction of sp³-hybridized carbons (Fsp3) is 0.800. The normalized spacial score (nSPS) is 21.0. The molecule has 6 nitrogen and oxygen atoms in total. The van der Waals surface area contributed by atoms with E-state index < -0.39 is 0 Å². The molecule has 0 aromatic rings. The van der Waals surface area contributed by atoms with Gasteiger partial charge in [0.1, 0.15) is 0 Å². The summed E-state index contributed by atoms with van der Waals surface area (Å²) in [5.74, 6) is 0. The molecular formula is C10H18N4O2S4Te. The second kappa shape index (κ2) is 10.8. The van der Waals surface area contributed by atoms with Crippen molar-refractivity contribution < 1.29 is 9.47 Å². The summed E-state index contributed by atoms with van der Waals surface area (Å²) in [5, 5.41) is 4.22. The summed E-state index contributed by atoms with van der Waals surface area (Å²) in [7, 11) is 3.44. The number of hydrogen-bond donors (Lipinski definition) is 2. The van der Waals surface area contributed by atoms with Gasteiger partial charge in [0.15, 0.2) is 0 Å². The molecule has 0 saturated carbocycles. The summed E-state index contributed by atoms with van der Waals surface area (Å²) in [6.45, 7) is 6.57. The zero-order valence-electron chi connectivity index (χ0n) is 11.4. The van der Waals surface area contributed by atoms with Gasteiger partial charge in [-0.15, -0.1) is 0 Å². The second-order valence-corrected chi connectivity index (χ2v) is 13.6. The maximum absolute atomic E-state index is 5.35. The van der Waals surface area contributed by atoms with Crippen molar-refractivity contribution in [2.75, 3.05) is 52.6 Å². The van der Waals surface area contributed by atoms with Gasteiger partial charge >= 0.3 is 152 Å². The Morgan fingerprint density at radius 3 is 1.57 bits per heavy atom. The Bertz CT molecular complexity index is 322. The Hall–Kier alpha value is 1.11. The van der Waals surface area contributed by atoms with Gasteiger partial charge in [0.05, 0.1) is 0 Å². The molecule has 2 saturated heterocycles. The number of ether oxygens (including phenoxy) is 2. The van der Waals surface area contributed by atoms with Gasteiger partial charge < -0.3 is 0 Å². The molecule has 0 atom stereocenters. The van der Waals surface area contributed by atoms with Crippen LogP contribution in [-0.4, -0.2) is 89.4 Å². The van der Waals surface area contributed by atoms with Crippen LogP contribution >= 0.6 is 42.4 Å². The van der Waals surface area contributed by atoms with Gasteiger partial charge in [0, 0.05) is 0 Å². The number of thiocarbonyl (C=S) groups is 2. The standard InChI is InChI=1S/C10H18N4O2S4Te/c17-9(11-13-1-5-15-6-2-13)19-21-20-10(18)12-14-3-7-16-8-4-14/h1-8H2,(H,11,17)(H,12,18). The molecule has 0 bridgehead atoms. The predicted molar refractivity (Wildman–Crippen MR) is 97.2 cm³/mol. The van der Waals surface area contributed by atoms with E-state index in [1.165, 1.54) is 0 Å². The van der Waals surface area contributed by atoms with E-state index in [1.807, 2.05) is 0 Å². The van der Waals surface area contributed by atoms with E-state index in [2.05, 4.69) is 20.9 Å².